The molecule has 0 N–H and O–H groups in total. The predicted octanol–water partition coefficient (Wildman–Crippen LogP) is 21.8. The molecule has 0 atom stereocenters. The predicted molar refractivity (Wildman–Crippen MR) is 295 cm³/mol. The highest BCUT2D eigenvalue weighted by molar-refractivity contribution is 7.56. The summed E-state index contributed by atoms with van der Waals surface area (Å²) in [5, 5.41) is -12.6. The van der Waals surface area contributed by atoms with Crippen LogP contribution in [0.1, 0.15) is 16.7 Å². The minimum absolute atomic E-state index is 0.786. The van der Waals surface area contributed by atoms with Gasteiger partial charge in [0.05, 0.1) is 31.1 Å². The summed E-state index contributed by atoms with van der Waals surface area (Å²) in [7, 11) is 0. The van der Waals surface area contributed by atoms with Gasteiger partial charge < -0.3 is 0 Å². The maximum absolute atomic E-state index is 14.1. The second-order valence-electron chi connectivity index (χ2n) is 18.1. The van der Waals surface area contributed by atoms with Crippen molar-refractivity contribution in [3.8, 4) is 0 Å². The van der Waals surface area contributed by atoms with E-state index in [1.54, 1.807) is 0 Å². The highest BCUT2D eigenvalue weighted by Crippen LogP contribution is 2.43. The molecule has 0 fully saturated rings. The van der Waals surface area contributed by atoms with Gasteiger partial charge >= 0.3 is 57.8 Å². The Hall–Kier alpha value is -4.63. The lowest BCUT2D eigenvalue weighted by molar-refractivity contribution is -0.144. The van der Waals surface area contributed by atoms with Crippen LogP contribution in [0.15, 0.2) is 35.3 Å². The smallest absolute Gasteiger partial charge is 0.208 e. The van der Waals surface area contributed by atoms with Crippen LogP contribution in [0.25, 0.3) is 0 Å². The minimum atomic E-state index is -6.17. The summed E-state index contributed by atoms with van der Waals surface area (Å²) >= 11 is 51.5. The Kier molecular flexibility index (Phi) is 31.4. The minimum Gasteiger partial charge on any atom is -0.208 e. The molecule has 0 aromatic heterocycles. The molecule has 6 rings (SSSR count). The molecule has 0 bridgehead atoms. The lowest BCUT2D eigenvalue weighted by atomic mass is 10.1. The van der Waals surface area contributed by atoms with E-state index in [-0.39, 0.29) is 0 Å². The van der Waals surface area contributed by atoms with Crippen LogP contribution in [0.3, 0.4) is 0 Å². The van der Waals surface area contributed by atoms with Crippen LogP contribution in [-0.4, -0.2) is 39.3 Å². The van der Waals surface area contributed by atoms with Crippen molar-refractivity contribution < 1.29 is 198 Å². The molecular formula is C46H3Cl10F45Si5. The first kappa shape index (κ1) is 97.5. The van der Waals surface area contributed by atoms with E-state index < -0.39 is 286 Å². The van der Waals surface area contributed by atoms with Gasteiger partial charge in [0.1, 0.15) is 16.7 Å². The molecule has 106 heavy (non-hydrogen) atoms. The van der Waals surface area contributed by atoms with E-state index in [0.29, 0.717) is 0 Å². The molecule has 0 aliphatic rings. The molecule has 6 aromatic rings. The van der Waals surface area contributed by atoms with Gasteiger partial charge in [-0.2, -0.15) is 70.2 Å². The van der Waals surface area contributed by atoms with Crippen molar-refractivity contribution in [2.75, 3.05) is 0 Å². The molecule has 0 spiro atoms. The standard InChI is InChI=1S/C14Cl2F14Si.C9Cl2F10Si.C8Cl2F8Si.C8H3Cl2F5Si.C7Cl2F8Si/c15-31(16,11-7(21)3(17)1(13(25,26)27)4(18)8(11)22)12-9(23)5(19)2(14(28,29)30)6(20)10(12)24;10-22(11,8(18)7(16)17)6-4(14)2(12)1(9(19,20)21)3(13)5(6)15;9-19(10,8(18)7(16)17)6-4(14)2(12)1(11)3(13)5(6)15;1-2-16(9,10)8-6(14)4(12)3(11)5(13)7(8)15;8-18(9,7(15,16)17)6-4(13)2(11)1(10)3(12)5(6)14/h;;;2H,1H2;. The van der Waals surface area contributed by atoms with Crippen molar-refractivity contribution in [3.63, 3.8) is 0 Å². The van der Waals surface area contributed by atoms with Crippen LogP contribution >= 0.6 is 111 Å². The summed E-state index contributed by atoms with van der Waals surface area (Å²) in [4.78, 5) is 0. The Bertz CT molecular complexity index is 4270. The SMILES string of the molecule is C=C[Si](Cl)(Cl)c1c(F)c(F)c(F)c(F)c1F.FC(F)=C(F)[Si](Cl)(Cl)c1c(F)c(F)c(C(F)(F)F)c(F)c1F.FC(F)=C(F)[Si](Cl)(Cl)c1c(F)c(F)c(F)c(F)c1F.Fc1c(F)c(F)c([Si](Cl)(Cl)C(F)(F)F)c(F)c1F.Fc1c(F)c([Si](Cl)(Cl)c2c(F)c(F)c(C(F)(F)F)c(F)c2F)c(F)c(F)c1C(F)(F)F. The summed E-state index contributed by atoms with van der Waals surface area (Å²) in [6, 6.07) is 0. The molecule has 6 aromatic carbocycles. The van der Waals surface area contributed by atoms with Crippen LogP contribution in [0.2, 0.25) is 0 Å². The van der Waals surface area contributed by atoms with Crippen LogP contribution in [-0.2, 0) is 18.5 Å². The van der Waals surface area contributed by atoms with Crippen molar-refractivity contribution in [3.05, 3.63) is 209 Å². The highest BCUT2D eigenvalue weighted by atomic mass is 35.7. The molecule has 0 amide bonds. The Morgan fingerprint density at radius 2 is 0.396 bits per heavy atom. The van der Waals surface area contributed by atoms with E-state index in [1.165, 1.54) is 0 Å². The largest absolute Gasteiger partial charge is 0.422 e. The molecule has 0 saturated carbocycles. The van der Waals surface area contributed by atoms with Crippen LogP contribution in [0.4, 0.5) is 198 Å². The summed E-state index contributed by atoms with van der Waals surface area (Å²) in [6.45, 7) is -24.0. The summed E-state index contributed by atoms with van der Waals surface area (Å²) in [6.07, 6.45) is -24.3. The lowest BCUT2D eigenvalue weighted by Gasteiger charge is -2.23. The van der Waals surface area contributed by atoms with Gasteiger partial charge in [0.15, 0.2) is 151 Å². The van der Waals surface area contributed by atoms with E-state index in [2.05, 4.69) is 6.58 Å². The third-order valence-corrected chi connectivity index (χ3v) is 31.8. The Balaban J connectivity index is 0.000000460. The number of hydrogen-bond donors (Lipinski definition) is 0. The average molecular weight is 1910 g/mol. The number of rotatable bonds is 9. The molecule has 0 radical (unpaired) electrons. The molecule has 0 nitrogen and oxygen atoms in total. The molecule has 0 unspecified atom stereocenters. The first-order valence-electron chi connectivity index (χ1n) is 23.6. The lowest BCUT2D eigenvalue weighted by Crippen LogP contribution is -2.56. The fraction of sp³-hybridized carbons (Fsp3) is 0.0870. The molecule has 60 heteroatoms. The van der Waals surface area contributed by atoms with Crippen LogP contribution in [0, 0.1) is 157 Å². The van der Waals surface area contributed by atoms with Crippen LogP contribution < -0.4 is 31.1 Å². The summed E-state index contributed by atoms with van der Waals surface area (Å²) < 4.78 is 583. The molecule has 0 heterocycles. The zero-order valence-corrected chi connectivity index (χ0v) is 59.1. The Morgan fingerprint density at radius 3 is 0.566 bits per heavy atom. The molecule has 592 valence electrons. The van der Waals surface area contributed by atoms with Gasteiger partial charge in [-0.3, -0.25) is 0 Å². The van der Waals surface area contributed by atoms with E-state index in [4.69, 9.17) is 111 Å². The first-order chi connectivity index (χ1) is 47.2. The second kappa shape index (κ2) is 34.1. The van der Waals surface area contributed by atoms with E-state index in [9.17, 15) is 198 Å². The number of benzene rings is 6. The van der Waals surface area contributed by atoms with Gasteiger partial charge in [0.25, 0.3) is 12.2 Å². The third-order valence-electron chi connectivity index (χ3n) is 11.7. The topological polar surface area (TPSA) is 0 Å². The van der Waals surface area contributed by atoms with E-state index in [0.717, 1.165) is 5.70 Å². The number of hydrogen-bond acceptors (Lipinski definition) is 0. The summed E-state index contributed by atoms with van der Waals surface area (Å²) in [5.41, 5.74) is -13.8. The fourth-order valence-electron chi connectivity index (χ4n) is 6.95. The first-order valence-corrected chi connectivity index (χ1v) is 43.8. The molecule has 0 saturated heterocycles. The van der Waals surface area contributed by atoms with Gasteiger partial charge in [-0.15, -0.1) is 117 Å². The van der Waals surface area contributed by atoms with Gasteiger partial charge in [-0.1, -0.05) is 5.70 Å². The zero-order chi connectivity index (χ0) is 84.3. The Morgan fingerprint density at radius 1 is 0.236 bits per heavy atom. The molecule has 0 aliphatic carbocycles. The second-order valence-corrected chi connectivity index (χ2v) is 48.9. The average Bonchev–Trinajstić information content (AvgIpc) is 0.729. The van der Waals surface area contributed by atoms with Crippen LogP contribution in [0.5, 0.6) is 0 Å². The molecule has 0 aliphatic heterocycles. The number of halogens is 55. The van der Waals surface area contributed by atoms with Gasteiger partial charge in [-0.05, 0) is 0 Å². The van der Waals surface area contributed by atoms with E-state index >= 15 is 0 Å². The van der Waals surface area contributed by atoms with Gasteiger partial charge in [-0.25, -0.2) is 127 Å². The van der Waals surface area contributed by atoms with Crippen molar-refractivity contribution in [2.45, 2.75) is 24.3 Å². The Labute approximate surface area is 603 Å². The molecular weight excluding hydrogens is 1900 g/mol. The highest BCUT2D eigenvalue weighted by Gasteiger charge is 2.62. The third kappa shape index (κ3) is 18.9. The summed E-state index contributed by atoms with van der Waals surface area (Å²) in [5.74, 6) is -78.0. The van der Waals surface area contributed by atoms with Crippen molar-refractivity contribution in [1.82, 2.24) is 0 Å². The fourth-order valence-corrected chi connectivity index (χ4v) is 20.1. The zero-order valence-electron chi connectivity index (χ0n) is 46.6. The van der Waals surface area contributed by atoms with Crippen molar-refractivity contribution >= 4 is 175 Å². The monoisotopic (exact) mass is 1900 g/mol. The van der Waals surface area contributed by atoms with Gasteiger partial charge in [0.2, 0.25) is 17.5 Å². The number of alkyl halides is 12. The quantitative estimate of drug-likeness (QED) is 0.0445. The normalized spacial score (nSPS) is 12.5. The van der Waals surface area contributed by atoms with Gasteiger partial charge in [0, 0.05) is 0 Å². The van der Waals surface area contributed by atoms with Crippen molar-refractivity contribution in [2.24, 2.45) is 0 Å². The van der Waals surface area contributed by atoms with E-state index in [1.807, 2.05) is 0 Å². The maximum atomic E-state index is 14.1. The van der Waals surface area contributed by atoms with Crippen molar-refractivity contribution in [1.29, 1.82) is 0 Å². The maximum Gasteiger partial charge on any atom is 0.422 e.